The molecule has 0 radical (unpaired) electrons. The second kappa shape index (κ2) is 6.36. The summed E-state index contributed by atoms with van der Waals surface area (Å²) in [7, 11) is 2.49. The summed E-state index contributed by atoms with van der Waals surface area (Å²) in [4.78, 5) is 26.5. The number of hydrogen-bond acceptors (Lipinski definition) is 6. The molecule has 0 N–H and O–H groups in total. The second-order valence-electron chi connectivity index (χ2n) is 2.92. The van der Waals surface area contributed by atoms with Gasteiger partial charge in [0.2, 0.25) is 0 Å². The number of aromatic nitrogens is 1. The molecule has 0 spiro atoms. The number of thiazole rings is 1. The van der Waals surface area contributed by atoms with Gasteiger partial charge in [0, 0.05) is 5.38 Å². The Labute approximate surface area is 107 Å². The van der Waals surface area contributed by atoms with E-state index in [0.717, 1.165) is 0 Å². The lowest BCUT2D eigenvalue weighted by Gasteiger charge is -2.03. The van der Waals surface area contributed by atoms with Crippen LogP contribution in [0.1, 0.15) is 11.4 Å². The van der Waals surface area contributed by atoms with Crippen LogP contribution in [0.3, 0.4) is 0 Å². The molecule has 0 fully saturated rings. The van der Waals surface area contributed by atoms with Gasteiger partial charge in [-0.1, -0.05) is 11.6 Å². The Morgan fingerprint density at radius 2 is 2.18 bits per heavy atom. The van der Waals surface area contributed by atoms with Gasteiger partial charge in [-0.25, -0.2) is 9.78 Å². The van der Waals surface area contributed by atoms with Crippen LogP contribution in [0.4, 0.5) is 0 Å². The molecule has 0 aromatic carbocycles. The Bertz CT molecular complexity index is 455. The quantitative estimate of drug-likeness (QED) is 0.620. The highest BCUT2D eigenvalue weighted by Crippen LogP contribution is 2.18. The molecular weight excluding hydrogens is 266 g/mol. The first-order chi connectivity index (χ1) is 8.06. The second-order valence-corrected chi connectivity index (χ2v) is 4.20. The van der Waals surface area contributed by atoms with Crippen LogP contribution in [0.25, 0.3) is 6.08 Å². The predicted octanol–water partition coefficient (Wildman–Crippen LogP) is 1.92. The van der Waals surface area contributed by atoms with Crippen molar-refractivity contribution in [3.63, 3.8) is 0 Å². The summed E-state index contributed by atoms with van der Waals surface area (Å²) in [5.41, 5.74) is 0.172. The molecule has 1 heterocycles. The molecule has 92 valence electrons. The Kier molecular flexibility index (Phi) is 5.11. The summed E-state index contributed by atoms with van der Waals surface area (Å²) in [6, 6.07) is 0. The van der Waals surface area contributed by atoms with Gasteiger partial charge in [0.05, 0.1) is 26.2 Å². The van der Waals surface area contributed by atoms with E-state index in [0.29, 0.717) is 10.2 Å². The number of halogens is 1. The van der Waals surface area contributed by atoms with Gasteiger partial charge in [-0.2, -0.15) is 0 Å². The van der Waals surface area contributed by atoms with E-state index >= 15 is 0 Å². The maximum atomic E-state index is 11.4. The smallest absolute Gasteiger partial charge is 0.334 e. The fraction of sp³-hybridized carbons (Fsp3) is 0.300. The van der Waals surface area contributed by atoms with E-state index in [2.05, 4.69) is 14.5 Å². The molecular formula is C10H10ClNO4S. The first-order valence-corrected chi connectivity index (χ1v) is 5.79. The zero-order chi connectivity index (χ0) is 12.8. The minimum Gasteiger partial charge on any atom is -0.469 e. The molecule has 1 aromatic rings. The number of ether oxygens (including phenoxy) is 2. The highest BCUT2D eigenvalue weighted by molar-refractivity contribution is 7.11. The Morgan fingerprint density at radius 1 is 1.47 bits per heavy atom. The molecule has 0 saturated heterocycles. The number of carbonyl (C=O) groups is 2. The third kappa shape index (κ3) is 4.16. The van der Waals surface area contributed by atoms with Gasteiger partial charge in [-0.05, 0) is 6.08 Å². The van der Waals surface area contributed by atoms with Gasteiger partial charge in [-0.3, -0.25) is 4.79 Å². The Morgan fingerprint density at radius 3 is 2.65 bits per heavy atom. The molecule has 17 heavy (non-hydrogen) atoms. The monoisotopic (exact) mass is 275 g/mol. The minimum absolute atomic E-state index is 0.166. The van der Waals surface area contributed by atoms with E-state index in [4.69, 9.17) is 11.6 Å². The summed E-state index contributed by atoms with van der Waals surface area (Å²) in [5.74, 6) is -1.12. The molecule has 0 aliphatic rings. The number of carbonyl (C=O) groups excluding carboxylic acids is 2. The fourth-order valence-electron chi connectivity index (χ4n) is 1.02. The largest absolute Gasteiger partial charge is 0.469 e. The van der Waals surface area contributed by atoms with Gasteiger partial charge < -0.3 is 9.47 Å². The van der Waals surface area contributed by atoms with Crippen molar-refractivity contribution < 1.29 is 19.1 Å². The summed E-state index contributed by atoms with van der Waals surface area (Å²) in [6.07, 6.45) is 1.29. The zero-order valence-electron chi connectivity index (χ0n) is 9.23. The predicted molar refractivity (Wildman–Crippen MR) is 63.8 cm³/mol. The van der Waals surface area contributed by atoms with Crippen molar-refractivity contribution in [2.24, 2.45) is 0 Å². The van der Waals surface area contributed by atoms with Crippen LogP contribution in [-0.4, -0.2) is 31.1 Å². The van der Waals surface area contributed by atoms with Crippen molar-refractivity contribution in [3.05, 3.63) is 21.1 Å². The number of rotatable bonds is 4. The maximum absolute atomic E-state index is 11.4. The van der Waals surface area contributed by atoms with Crippen molar-refractivity contribution in [1.82, 2.24) is 4.98 Å². The van der Waals surface area contributed by atoms with Crippen LogP contribution >= 0.6 is 22.9 Å². The van der Waals surface area contributed by atoms with E-state index in [1.54, 1.807) is 5.38 Å². The number of hydrogen-bond donors (Lipinski definition) is 0. The number of methoxy groups -OCH3 is 2. The summed E-state index contributed by atoms with van der Waals surface area (Å²) in [5, 5.41) is 2.49. The van der Waals surface area contributed by atoms with Crippen molar-refractivity contribution in [1.29, 1.82) is 0 Å². The molecule has 1 rings (SSSR count). The van der Waals surface area contributed by atoms with Crippen LogP contribution in [0.2, 0.25) is 5.15 Å². The minimum atomic E-state index is -0.596. The molecule has 0 amide bonds. The van der Waals surface area contributed by atoms with Crippen LogP contribution in [0.15, 0.2) is 11.0 Å². The van der Waals surface area contributed by atoms with Crippen LogP contribution < -0.4 is 0 Å². The summed E-state index contributed by atoms with van der Waals surface area (Å²) < 4.78 is 9.05. The van der Waals surface area contributed by atoms with E-state index in [-0.39, 0.29) is 12.0 Å². The van der Waals surface area contributed by atoms with Crippen molar-refractivity contribution in [2.45, 2.75) is 6.42 Å². The van der Waals surface area contributed by atoms with E-state index in [1.165, 1.54) is 31.6 Å². The van der Waals surface area contributed by atoms with Crippen LogP contribution in [0, 0.1) is 0 Å². The zero-order valence-corrected chi connectivity index (χ0v) is 10.8. The normalized spacial score (nSPS) is 11.1. The molecule has 0 aliphatic heterocycles. The molecule has 0 saturated carbocycles. The van der Waals surface area contributed by atoms with E-state index < -0.39 is 11.9 Å². The Hall–Kier alpha value is -1.40. The van der Waals surface area contributed by atoms with Gasteiger partial charge in [0.1, 0.15) is 10.2 Å². The van der Waals surface area contributed by atoms with Gasteiger partial charge in [0.15, 0.2) is 0 Å². The molecule has 0 unspecified atom stereocenters. The number of esters is 2. The van der Waals surface area contributed by atoms with Crippen molar-refractivity contribution >= 4 is 41.0 Å². The SMILES string of the molecule is COC(=O)C/C(=C/c1nc(Cl)cs1)C(=O)OC. The van der Waals surface area contributed by atoms with Crippen molar-refractivity contribution in [3.8, 4) is 0 Å². The average molecular weight is 276 g/mol. The standard InChI is InChI=1S/C10H10ClNO4S/c1-15-9(13)4-6(10(14)16-2)3-8-12-7(11)5-17-8/h3,5H,4H2,1-2H3/b6-3-. The Balaban J connectivity index is 2.93. The lowest BCUT2D eigenvalue weighted by Crippen LogP contribution is -2.10. The molecule has 7 heteroatoms. The van der Waals surface area contributed by atoms with Crippen LogP contribution in [-0.2, 0) is 19.1 Å². The fourth-order valence-corrected chi connectivity index (χ4v) is 1.93. The highest BCUT2D eigenvalue weighted by Gasteiger charge is 2.15. The summed E-state index contributed by atoms with van der Waals surface area (Å²) in [6.45, 7) is 0. The average Bonchev–Trinajstić information content (AvgIpc) is 2.72. The molecule has 0 atom stereocenters. The molecule has 5 nitrogen and oxygen atoms in total. The molecule has 0 aliphatic carbocycles. The third-order valence-electron chi connectivity index (χ3n) is 1.80. The maximum Gasteiger partial charge on any atom is 0.334 e. The van der Waals surface area contributed by atoms with Gasteiger partial charge in [-0.15, -0.1) is 11.3 Å². The molecule has 0 bridgehead atoms. The van der Waals surface area contributed by atoms with Gasteiger partial charge in [0.25, 0.3) is 0 Å². The lowest BCUT2D eigenvalue weighted by molar-refractivity contribution is -0.143. The van der Waals surface area contributed by atoms with E-state index in [9.17, 15) is 9.59 Å². The first kappa shape index (κ1) is 13.7. The number of nitrogens with zero attached hydrogens (tertiary/aromatic N) is 1. The van der Waals surface area contributed by atoms with Gasteiger partial charge >= 0.3 is 11.9 Å². The van der Waals surface area contributed by atoms with E-state index in [1.807, 2.05) is 0 Å². The third-order valence-corrected chi connectivity index (χ3v) is 2.92. The van der Waals surface area contributed by atoms with Crippen LogP contribution in [0.5, 0.6) is 0 Å². The lowest BCUT2D eigenvalue weighted by atomic mass is 10.2. The molecule has 1 aromatic heterocycles. The summed E-state index contributed by atoms with van der Waals surface area (Å²) >= 11 is 6.91. The van der Waals surface area contributed by atoms with Crippen molar-refractivity contribution in [2.75, 3.05) is 14.2 Å². The highest BCUT2D eigenvalue weighted by atomic mass is 35.5. The first-order valence-electron chi connectivity index (χ1n) is 4.53. The topological polar surface area (TPSA) is 65.5 Å².